The topological polar surface area (TPSA) is 29.4 Å². The fourth-order valence-electron chi connectivity index (χ4n) is 2.53. The monoisotopic (exact) mass is 333 g/mol. The first-order chi connectivity index (χ1) is 11.7. The highest BCUT2D eigenvalue weighted by atomic mass is 31.2. The summed E-state index contributed by atoms with van der Waals surface area (Å²) in [6.45, 7) is 2.13. The van der Waals surface area contributed by atoms with Gasteiger partial charge in [0.1, 0.15) is 0 Å². The Hall–Kier alpha value is -2.44. The van der Waals surface area contributed by atoms with Crippen molar-refractivity contribution >= 4 is 24.1 Å². The number of rotatable bonds is 5. The second kappa shape index (κ2) is 7.42. The minimum absolute atomic E-state index is 0.748. The number of hydrogen-bond acceptors (Lipinski definition) is 1. The summed E-state index contributed by atoms with van der Waals surface area (Å²) in [7, 11) is -3.04. The number of nitrogens with zero attached hydrogens (tertiary/aromatic N) is 1. The molecule has 0 amide bonds. The molecule has 0 N–H and O–H groups in total. The molecule has 3 rings (SSSR count). The van der Waals surface area contributed by atoms with Gasteiger partial charge in [0.15, 0.2) is 0 Å². The molecule has 24 heavy (non-hydrogen) atoms. The SMILES string of the molecule is CCc1ccc(C=NP(=O)(c2ccccc2)c2ccccc2)cc1. The van der Waals surface area contributed by atoms with Crippen LogP contribution in [0.4, 0.5) is 0 Å². The summed E-state index contributed by atoms with van der Waals surface area (Å²) in [4.78, 5) is 0. The molecule has 0 atom stereocenters. The van der Waals surface area contributed by atoms with Crippen LogP contribution in [-0.4, -0.2) is 6.21 Å². The molecule has 0 unspecified atom stereocenters. The third-order valence-electron chi connectivity index (χ3n) is 3.97. The molecule has 0 heterocycles. The van der Waals surface area contributed by atoms with E-state index in [1.807, 2.05) is 72.8 Å². The lowest BCUT2D eigenvalue weighted by Gasteiger charge is -2.14. The summed E-state index contributed by atoms with van der Waals surface area (Å²) in [5, 5.41) is 1.50. The van der Waals surface area contributed by atoms with Crippen molar-refractivity contribution in [2.24, 2.45) is 4.76 Å². The second-order valence-electron chi connectivity index (χ2n) is 5.59. The van der Waals surface area contributed by atoms with Crippen LogP contribution in [0, 0.1) is 0 Å². The Morgan fingerprint density at radius 3 is 1.75 bits per heavy atom. The lowest BCUT2D eigenvalue weighted by Crippen LogP contribution is -2.14. The molecule has 0 bridgehead atoms. The van der Waals surface area contributed by atoms with E-state index < -0.39 is 7.29 Å². The van der Waals surface area contributed by atoms with Gasteiger partial charge in [-0.2, -0.15) is 0 Å². The van der Waals surface area contributed by atoms with E-state index in [4.69, 9.17) is 0 Å². The highest BCUT2D eigenvalue weighted by molar-refractivity contribution is 7.77. The van der Waals surface area contributed by atoms with Crippen LogP contribution in [0.2, 0.25) is 0 Å². The molecular formula is C21H20NOP. The van der Waals surface area contributed by atoms with Gasteiger partial charge in [0, 0.05) is 16.8 Å². The van der Waals surface area contributed by atoms with Crippen LogP contribution in [0.15, 0.2) is 89.7 Å². The van der Waals surface area contributed by atoms with Crippen molar-refractivity contribution in [3.8, 4) is 0 Å². The fourth-order valence-corrected chi connectivity index (χ4v) is 4.54. The van der Waals surface area contributed by atoms with Gasteiger partial charge in [0.2, 0.25) is 7.29 Å². The predicted octanol–water partition coefficient (Wildman–Crippen LogP) is 4.60. The molecular weight excluding hydrogens is 313 g/mol. The van der Waals surface area contributed by atoms with E-state index in [2.05, 4.69) is 23.8 Å². The molecule has 3 aromatic rings. The van der Waals surface area contributed by atoms with Crippen LogP contribution < -0.4 is 10.6 Å². The van der Waals surface area contributed by atoms with Gasteiger partial charge in [-0.1, -0.05) is 67.6 Å². The first-order valence-corrected chi connectivity index (χ1v) is 9.74. The second-order valence-corrected chi connectivity index (χ2v) is 8.00. The molecule has 0 aromatic heterocycles. The maximum atomic E-state index is 13.7. The van der Waals surface area contributed by atoms with E-state index in [1.165, 1.54) is 5.56 Å². The normalized spacial score (nSPS) is 11.7. The largest absolute Gasteiger partial charge is 0.288 e. The Balaban J connectivity index is 2.02. The average molecular weight is 333 g/mol. The van der Waals surface area contributed by atoms with Gasteiger partial charge in [-0.05, 0) is 41.8 Å². The molecule has 0 aliphatic heterocycles. The Kier molecular flexibility index (Phi) is 5.08. The van der Waals surface area contributed by atoms with E-state index in [1.54, 1.807) is 6.21 Å². The Morgan fingerprint density at radius 2 is 1.29 bits per heavy atom. The smallest absolute Gasteiger partial charge is 0.247 e. The molecule has 0 aliphatic rings. The molecule has 0 saturated heterocycles. The zero-order chi connectivity index (χ0) is 16.8. The molecule has 3 aromatic carbocycles. The van der Waals surface area contributed by atoms with Crippen molar-refractivity contribution in [3.63, 3.8) is 0 Å². The van der Waals surface area contributed by atoms with Crippen molar-refractivity contribution in [2.45, 2.75) is 13.3 Å². The minimum Gasteiger partial charge on any atom is -0.288 e. The van der Waals surface area contributed by atoms with Crippen LogP contribution in [-0.2, 0) is 11.0 Å². The molecule has 3 heteroatoms. The molecule has 0 saturated carbocycles. The van der Waals surface area contributed by atoms with E-state index >= 15 is 0 Å². The standard InChI is InChI=1S/C21H20NOP/c1-2-18-13-15-19(16-14-18)17-22-24(23,20-9-5-3-6-10-20)21-11-7-4-8-12-21/h3-17H,2H2,1H3. The minimum atomic E-state index is -3.04. The Bertz CT molecular complexity index is 812. The highest BCUT2D eigenvalue weighted by Crippen LogP contribution is 2.44. The van der Waals surface area contributed by atoms with Gasteiger partial charge in [0.25, 0.3) is 0 Å². The first kappa shape index (κ1) is 16.4. The molecule has 0 fully saturated rings. The van der Waals surface area contributed by atoms with Crippen molar-refractivity contribution < 1.29 is 4.57 Å². The van der Waals surface area contributed by atoms with E-state index in [-0.39, 0.29) is 0 Å². The van der Waals surface area contributed by atoms with Gasteiger partial charge < -0.3 is 0 Å². The van der Waals surface area contributed by atoms with Crippen LogP contribution in [0.3, 0.4) is 0 Å². The van der Waals surface area contributed by atoms with E-state index in [0.29, 0.717) is 0 Å². The van der Waals surface area contributed by atoms with E-state index in [0.717, 1.165) is 22.6 Å². The maximum absolute atomic E-state index is 13.7. The molecule has 120 valence electrons. The van der Waals surface area contributed by atoms with Gasteiger partial charge >= 0.3 is 0 Å². The summed E-state index contributed by atoms with van der Waals surface area (Å²) in [5.74, 6) is 0. The van der Waals surface area contributed by atoms with Gasteiger partial charge in [-0.3, -0.25) is 4.57 Å². The quantitative estimate of drug-likeness (QED) is 0.496. The van der Waals surface area contributed by atoms with Crippen molar-refractivity contribution in [1.29, 1.82) is 0 Å². The van der Waals surface area contributed by atoms with Gasteiger partial charge in [-0.15, -0.1) is 0 Å². The summed E-state index contributed by atoms with van der Waals surface area (Å²) in [6, 6.07) is 27.2. The van der Waals surface area contributed by atoms with E-state index in [9.17, 15) is 4.57 Å². The van der Waals surface area contributed by atoms with Crippen LogP contribution in [0.5, 0.6) is 0 Å². The van der Waals surface area contributed by atoms with Crippen LogP contribution in [0.1, 0.15) is 18.1 Å². The summed E-state index contributed by atoms with van der Waals surface area (Å²) in [5.41, 5.74) is 2.24. The van der Waals surface area contributed by atoms with Crippen molar-refractivity contribution in [1.82, 2.24) is 0 Å². The predicted molar refractivity (Wildman–Crippen MR) is 103 cm³/mol. The zero-order valence-corrected chi connectivity index (χ0v) is 14.6. The number of benzene rings is 3. The molecule has 0 aliphatic carbocycles. The Morgan fingerprint density at radius 1 is 0.792 bits per heavy atom. The maximum Gasteiger partial charge on any atom is 0.247 e. The Labute approximate surface area is 143 Å². The number of aryl methyl sites for hydroxylation is 1. The van der Waals surface area contributed by atoms with Crippen molar-refractivity contribution in [2.75, 3.05) is 0 Å². The average Bonchev–Trinajstić information content (AvgIpc) is 2.68. The lowest BCUT2D eigenvalue weighted by molar-refractivity contribution is 0.588. The first-order valence-electron chi connectivity index (χ1n) is 8.08. The van der Waals surface area contributed by atoms with Crippen molar-refractivity contribution in [3.05, 3.63) is 96.1 Å². The third-order valence-corrected chi connectivity index (χ3v) is 6.41. The van der Waals surface area contributed by atoms with Gasteiger partial charge in [0.05, 0.1) is 0 Å². The molecule has 0 radical (unpaired) electrons. The van der Waals surface area contributed by atoms with Crippen LogP contribution >= 0.6 is 7.29 Å². The van der Waals surface area contributed by atoms with Gasteiger partial charge in [-0.25, -0.2) is 4.76 Å². The van der Waals surface area contributed by atoms with Crippen LogP contribution in [0.25, 0.3) is 0 Å². The third kappa shape index (κ3) is 3.55. The summed E-state index contributed by atoms with van der Waals surface area (Å²) >= 11 is 0. The zero-order valence-electron chi connectivity index (χ0n) is 13.7. The highest BCUT2D eigenvalue weighted by Gasteiger charge is 2.25. The summed E-state index contributed by atoms with van der Waals surface area (Å²) < 4.78 is 18.3. The fraction of sp³-hybridized carbons (Fsp3) is 0.0952. The lowest BCUT2D eigenvalue weighted by atomic mass is 10.1. The molecule has 2 nitrogen and oxygen atoms in total. The number of hydrogen-bond donors (Lipinski definition) is 0. The summed E-state index contributed by atoms with van der Waals surface area (Å²) in [6.07, 6.45) is 2.73. The molecule has 0 spiro atoms.